The molecule has 1 aromatic heterocycles. The van der Waals surface area contributed by atoms with Crippen molar-refractivity contribution >= 4 is 35.0 Å². The van der Waals surface area contributed by atoms with Crippen LogP contribution in [0, 0.1) is 5.41 Å². The van der Waals surface area contributed by atoms with Crippen molar-refractivity contribution in [3.05, 3.63) is 30.0 Å². The highest BCUT2D eigenvalue weighted by Crippen LogP contribution is 2.40. The summed E-state index contributed by atoms with van der Waals surface area (Å²) in [6.45, 7) is 4.58. The fourth-order valence-electron chi connectivity index (χ4n) is 6.07. The van der Waals surface area contributed by atoms with Gasteiger partial charge in [-0.1, -0.05) is 12.8 Å². The quantitative estimate of drug-likeness (QED) is 0.507. The van der Waals surface area contributed by atoms with Crippen LogP contribution in [-0.4, -0.2) is 65.8 Å². The molecule has 3 N–H and O–H groups in total. The second-order valence-corrected chi connectivity index (χ2v) is 11.7. The van der Waals surface area contributed by atoms with Gasteiger partial charge in [-0.3, -0.25) is 9.59 Å². The molecule has 2 heterocycles. The summed E-state index contributed by atoms with van der Waals surface area (Å²) in [6.07, 6.45) is 8.92. The lowest BCUT2D eigenvalue weighted by Gasteiger charge is -2.34. The molecule has 0 spiro atoms. The lowest BCUT2D eigenvalue weighted by molar-refractivity contribution is -0.125. The average molecular weight is 537 g/mol. The molecule has 0 unspecified atom stereocenters. The Hall–Kier alpha value is -3.40. The van der Waals surface area contributed by atoms with E-state index in [0.717, 1.165) is 31.5 Å². The highest BCUT2D eigenvalue weighted by atomic mass is 16.5. The lowest BCUT2D eigenvalue weighted by Crippen LogP contribution is -2.45. The molecule has 2 fully saturated rings. The average Bonchev–Trinajstić information content (AvgIpc) is 3.45. The Morgan fingerprint density at radius 1 is 1.13 bits per heavy atom. The van der Waals surface area contributed by atoms with Gasteiger partial charge in [0.15, 0.2) is 5.82 Å². The van der Waals surface area contributed by atoms with Gasteiger partial charge in [0, 0.05) is 31.2 Å². The van der Waals surface area contributed by atoms with Gasteiger partial charge in [0.1, 0.15) is 11.4 Å². The molecular weight excluding hydrogens is 496 g/mol. The first-order chi connectivity index (χ1) is 18.7. The van der Waals surface area contributed by atoms with Crippen LogP contribution in [0.5, 0.6) is 5.75 Å². The largest absolute Gasteiger partial charge is 0.495 e. The van der Waals surface area contributed by atoms with Crippen LogP contribution in [0.4, 0.5) is 23.1 Å². The Balaban J connectivity index is 1.39. The van der Waals surface area contributed by atoms with Gasteiger partial charge in [0.25, 0.3) is 5.91 Å². The second kappa shape index (κ2) is 11.0. The number of hydrogen-bond acceptors (Lipinski definition) is 8. The van der Waals surface area contributed by atoms with Crippen LogP contribution in [0.15, 0.2) is 24.4 Å². The van der Waals surface area contributed by atoms with Crippen LogP contribution in [0.1, 0.15) is 75.6 Å². The van der Waals surface area contributed by atoms with E-state index in [4.69, 9.17) is 9.72 Å². The molecule has 210 valence electrons. The maximum atomic E-state index is 13.2. The molecule has 10 heteroatoms. The Morgan fingerprint density at radius 3 is 2.54 bits per heavy atom. The van der Waals surface area contributed by atoms with Crippen molar-refractivity contribution in [2.75, 3.05) is 35.8 Å². The molecule has 2 amide bonds. The SMILES string of the molecule is COc1cc(C(=O)NC2CCC(O)CC2)ccc1Nc1ncc2c(n1)N(C1CCCC1)CC(C)(C)C(=O)N2C. The number of nitrogens with zero attached hydrogens (tertiary/aromatic N) is 4. The van der Waals surface area contributed by atoms with E-state index in [2.05, 4.69) is 20.5 Å². The summed E-state index contributed by atoms with van der Waals surface area (Å²) in [5.41, 5.74) is 1.29. The third-order valence-corrected chi connectivity index (χ3v) is 8.34. The van der Waals surface area contributed by atoms with E-state index in [-0.39, 0.29) is 24.0 Å². The van der Waals surface area contributed by atoms with E-state index in [1.807, 2.05) is 13.8 Å². The molecule has 0 atom stereocenters. The summed E-state index contributed by atoms with van der Waals surface area (Å²) in [6, 6.07) is 5.65. The van der Waals surface area contributed by atoms with Crippen LogP contribution in [0.25, 0.3) is 0 Å². The molecule has 1 aromatic carbocycles. The number of aromatic nitrogens is 2. The number of carbonyl (C=O) groups is 2. The van der Waals surface area contributed by atoms with Crippen LogP contribution < -0.4 is 25.2 Å². The molecule has 3 aliphatic rings. The third-order valence-electron chi connectivity index (χ3n) is 8.34. The zero-order valence-electron chi connectivity index (χ0n) is 23.4. The smallest absolute Gasteiger partial charge is 0.251 e. The van der Waals surface area contributed by atoms with Gasteiger partial charge in [0.05, 0.1) is 30.5 Å². The first kappa shape index (κ1) is 27.2. The molecule has 39 heavy (non-hydrogen) atoms. The van der Waals surface area contributed by atoms with Crippen LogP contribution in [0.3, 0.4) is 0 Å². The van der Waals surface area contributed by atoms with Crippen LogP contribution >= 0.6 is 0 Å². The van der Waals surface area contributed by atoms with Gasteiger partial charge in [0.2, 0.25) is 11.9 Å². The molecule has 0 bridgehead atoms. The maximum absolute atomic E-state index is 13.2. The molecule has 0 saturated heterocycles. The fraction of sp³-hybridized carbons (Fsp3) is 0.586. The summed E-state index contributed by atoms with van der Waals surface area (Å²) in [7, 11) is 3.35. The first-order valence-corrected chi connectivity index (χ1v) is 14.0. The summed E-state index contributed by atoms with van der Waals surface area (Å²) in [5.74, 6) is 1.54. The molecule has 0 radical (unpaired) electrons. The number of benzene rings is 1. The number of ether oxygens (including phenoxy) is 1. The van der Waals surface area contributed by atoms with Gasteiger partial charge < -0.3 is 30.3 Å². The zero-order valence-corrected chi connectivity index (χ0v) is 23.4. The predicted octanol–water partition coefficient (Wildman–Crippen LogP) is 4.01. The minimum absolute atomic E-state index is 0.0495. The van der Waals surface area contributed by atoms with E-state index in [9.17, 15) is 14.7 Å². The first-order valence-electron chi connectivity index (χ1n) is 14.0. The van der Waals surface area contributed by atoms with Gasteiger partial charge in [-0.15, -0.1) is 0 Å². The fourth-order valence-corrected chi connectivity index (χ4v) is 6.07. The molecule has 2 saturated carbocycles. The van der Waals surface area contributed by atoms with Crippen molar-refractivity contribution in [3.63, 3.8) is 0 Å². The lowest BCUT2D eigenvalue weighted by atomic mass is 9.91. The topological polar surface area (TPSA) is 120 Å². The van der Waals surface area contributed by atoms with Gasteiger partial charge in [-0.2, -0.15) is 4.98 Å². The normalized spacial score (nSPS) is 23.3. The minimum atomic E-state index is -0.553. The molecule has 2 aliphatic carbocycles. The van der Waals surface area contributed by atoms with E-state index in [1.54, 1.807) is 43.5 Å². The molecular formula is C29H40N6O4. The summed E-state index contributed by atoms with van der Waals surface area (Å²) >= 11 is 0. The number of fused-ring (bicyclic) bond motifs is 1. The molecule has 1 aliphatic heterocycles. The van der Waals surface area contributed by atoms with Crippen molar-refractivity contribution in [2.24, 2.45) is 5.41 Å². The summed E-state index contributed by atoms with van der Waals surface area (Å²) in [4.78, 5) is 39.6. The van der Waals surface area contributed by atoms with E-state index >= 15 is 0 Å². The highest BCUT2D eigenvalue weighted by Gasteiger charge is 2.41. The molecule has 2 aromatic rings. The number of nitrogens with one attached hydrogen (secondary N) is 2. The van der Waals surface area contributed by atoms with Crippen molar-refractivity contribution in [2.45, 2.75) is 83.4 Å². The number of methoxy groups -OCH3 is 1. The number of rotatable bonds is 6. The number of anilines is 4. The van der Waals surface area contributed by atoms with E-state index < -0.39 is 5.41 Å². The van der Waals surface area contributed by atoms with Gasteiger partial charge >= 0.3 is 0 Å². The Bertz CT molecular complexity index is 1220. The number of amides is 2. The zero-order chi connectivity index (χ0) is 27.7. The van der Waals surface area contributed by atoms with E-state index in [1.165, 1.54) is 12.8 Å². The number of aliphatic hydroxyl groups excluding tert-OH is 1. The van der Waals surface area contributed by atoms with Crippen LogP contribution in [-0.2, 0) is 4.79 Å². The maximum Gasteiger partial charge on any atom is 0.251 e. The van der Waals surface area contributed by atoms with Gasteiger partial charge in [-0.05, 0) is 70.6 Å². The van der Waals surface area contributed by atoms with Crippen LogP contribution in [0.2, 0.25) is 0 Å². The summed E-state index contributed by atoms with van der Waals surface area (Å²) in [5, 5.41) is 16.1. The monoisotopic (exact) mass is 536 g/mol. The Kier molecular flexibility index (Phi) is 7.66. The number of carbonyl (C=O) groups excluding carboxylic acids is 2. The van der Waals surface area contributed by atoms with Gasteiger partial charge in [-0.25, -0.2) is 4.98 Å². The third kappa shape index (κ3) is 5.66. The molecule has 5 rings (SSSR count). The van der Waals surface area contributed by atoms with Crippen molar-refractivity contribution in [1.29, 1.82) is 0 Å². The number of hydrogen-bond donors (Lipinski definition) is 3. The second-order valence-electron chi connectivity index (χ2n) is 11.7. The Labute approximate surface area is 230 Å². The predicted molar refractivity (Wildman–Crippen MR) is 151 cm³/mol. The van der Waals surface area contributed by atoms with Crippen molar-refractivity contribution in [3.8, 4) is 5.75 Å². The minimum Gasteiger partial charge on any atom is -0.495 e. The highest BCUT2D eigenvalue weighted by molar-refractivity contribution is 6.01. The Morgan fingerprint density at radius 2 is 1.85 bits per heavy atom. The van der Waals surface area contributed by atoms with Crippen molar-refractivity contribution in [1.82, 2.24) is 15.3 Å². The summed E-state index contributed by atoms with van der Waals surface area (Å²) < 4.78 is 5.61. The standard InChI is InChI=1S/C29H40N6O4/c1-29(2)17-35(20-7-5-6-8-20)25-23(34(3)27(29)38)16-30-28(33-25)32-22-14-9-18(15-24(22)39-4)26(37)31-19-10-12-21(36)13-11-19/h9,14-16,19-21,36H,5-8,10-13,17H2,1-4H3,(H,31,37)(H,30,32,33). The molecule has 10 nitrogen and oxygen atoms in total. The number of aliphatic hydroxyl groups is 1. The van der Waals surface area contributed by atoms with Crippen molar-refractivity contribution < 1.29 is 19.4 Å². The van der Waals surface area contributed by atoms with E-state index in [0.29, 0.717) is 54.1 Å².